The van der Waals surface area contributed by atoms with Gasteiger partial charge in [0.05, 0.1) is 19.3 Å². The van der Waals surface area contributed by atoms with E-state index in [0.29, 0.717) is 24.7 Å². The molecular formula is C14H23NO3. The summed E-state index contributed by atoms with van der Waals surface area (Å²) in [6, 6.07) is 5.53. The van der Waals surface area contributed by atoms with Crippen LogP contribution in [0.4, 0.5) is 0 Å². The first-order valence-electron chi connectivity index (χ1n) is 6.38. The van der Waals surface area contributed by atoms with E-state index < -0.39 is 6.10 Å². The van der Waals surface area contributed by atoms with Gasteiger partial charge < -0.3 is 19.9 Å². The molecule has 0 aromatic heterocycles. The van der Waals surface area contributed by atoms with Crippen LogP contribution in [0.25, 0.3) is 0 Å². The molecule has 0 amide bonds. The van der Waals surface area contributed by atoms with Crippen LogP contribution in [-0.4, -0.2) is 31.4 Å². The maximum absolute atomic E-state index is 10.1. The van der Waals surface area contributed by atoms with Crippen molar-refractivity contribution in [1.29, 1.82) is 0 Å². The molecule has 0 heterocycles. The summed E-state index contributed by atoms with van der Waals surface area (Å²) in [7, 11) is 1.83. The quantitative estimate of drug-likeness (QED) is 0.781. The molecule has 102 valence electrons. The molecular weight excluding hydrogens is 230 g/mol. The predicted octanol–water partition coefficient (Wildman–Crippen LogP) is 2.13. The van der Waals surface area contributed by atoms with Gasteiger partial charge in [-0.15, -0.1) is 0 Å². The molecule has 2 unspecified atom stereocenters. The second-order valence-corrected chi connectivity index (χ2v) is 4.09. The van der Waals surface area contributed by atoms with Crippen LogP contribution in [0, 0.1) is 0 Å². The predicted molar refractivity (Wildman–Crippen MR) is 72.3 cm³/mol. The molecule has 4 nitrogen and oxygen atoms in total. The minimum absolute atomic E-state index is 0.0163. The normalized spacial score (nSPS) is 14.1. The van der Waals surface area contributed by atoms with Gasteiger partial charge in [0.25, 0.3) is 0 Å². The van der Waals surface area contributed by atoms with E-state index in [4.69, 9.17) is 9.47 Å². The SMILES string of the molecule is CCOc1ccc(C(O)C(C)NC)cc1OCC. The molecule has 0 aliphatic carbocycles. The van der Waals surface area contributed by atoms with E-state index >= 15 is 0 Å². The van der Waals surface area contributed by atoms with Gasteiger partial charge in [-0.25, -0.2) is 0 Å². The number of rotatable bonds is 7. The third kappa shape index (κ3) is 3.62. The van der Waals surface area contributed by atoms with Crippen molar-refractivity contribution in [3.8, 4) is 11.5 Å². The van der Waals surface area contributed by atoms with Crippen LogP contribution in [0.5, 0.6) is 11.5 Å². The van der Waals surface area contributed by atoms with Crippen molar-refractivity contribution >= 4 is 0 Å². The Labute approximate surface area is 109 Å². The Morgan fingerprint density at radius 2 is 1.78 bits per heavy atom. The number of nitrogens with one attached hydrogen (secondary N) is 1. The lowest BCUT2D eigenvalue weighted by atomic mass is 10.0. The van der Waals surface area contributed by atoms with Crippen molar-refractivity contribution in [3.05, 3.63) is 23.8 Å². The lowest BCUT2D eigenvalue weighted by molar-refractivity contribution is 0.139. The first-order chi connectivity index (χ1) is 8.63. The summed E-state index contributed by atoms with van der Waals surface area (Å²) in [5.74, 6) is 1.40. The average Bonchev–Trinajstić information content (AvgIpc) is 2.39. The first-order valence-corrected chi connectivity index (χ1v) is 6.38. The fourth-order valence-corrected chi connectivity index (χ4v) is 1.70. The lowest BCUT2D eigenvalue weighted by Crippen LogP contribution is -2.28. The molecule has 2 atom stereocenters. The zero-order chi connectivity index (χ0) is 13.5. The minimum atomic E-state index is -0.565. The number of ether oxygens (including phenoxy) is 2. The van der Waals surface area contributed by atoms with Crippen LogP contribution in [0.3, 0.4) is 0 Å². The maximum atomic E-state index is 10.1. The Morgan fingerprint density at radius 3 is 2.33 bits per heavy atom. The van der Waals surface area contributed by atoms with Gasteiger partial charge in [0.2, 0.25) is 0 Å². The van der Waals surface area contributed by atoms with Crippen molar-refractivity contribution in [2.45, 2.75) is 32.9 Å². The fourth-order valence-electron chi connectivity index (χ4n) is 1.70. The molecule has 0 aliphatic rings. The lowest BCUT2D eigenvalue weighted by Gasteiger charge is -2.20. The van der Waals surface area contributed by atoms with E-state index in [-0.39, 0.29) is 6.04 Å². The zero-order valence-corrected chi connectivity index (χ0v) is 11.6. The number of aliphatic hydroxyl groups excluding tert-OH is 1. The van der Waals surface area contributed by atoms with Gasteiger partial charge >= 0.3 is 0 Å². The van der Waals surface area contributed by atoms with E-state index in [0.717, 1.165) is 5.56 Å². The number of benzene rings is 1. The van der Waals surface area contributed by atoms with Crippen LogP contribution >= 0.6 is 0 Å². The van der Waals surface area contributed by atoms with Gasteiger partial charge in [-0.2, -0.15) is 0 Å². The summed E-state index contributed by atoms with van der Waals surface area (Å²) in [4.78, 5) is 0. The van der Waals surface area contributed by atoms with E-state index in [1.54, 1.807) is 0 Å². The molecule has 0 bridgehead atoms. The van der Waals surface area contributed by atoms with Crippen LogP contribution < -0.4 is 14.8 Å². The summed E-state index contributed by atoms with van der Waals surface area (Å²) in [5, 5.41) is 13.2. The van der Waals surface area contributed by atoms with Crippen molar-refractivity contribution in [3.63, 3.8) is 0 Å². The third-order valence-electron chi connectivity index (χ3n) is 2.84. The Hall–Kier alpha value is -1.26. The molecule has 0 saturated carbocycles. The minimum Gasteiger partial charge on any atom is -0.490 e. The number of hydrogen-bond donors (Lipinski definition) is 2. The Balaban J connectivity index is 2.98. The number of likely N-dealkylation sites (N-methyl/N-ethyl adjacent to an activating group) is 1. The monoisotopic (exact) mass is 253 g/mol. The summed E-state index contributed by atoms with van der Waals surface area (Å²) in [6.07, 6.45) is -0.565. The van der Waals surface area contributed by atoms with Gasteiger partial charge in [-0.05, 0) is 45.5 Å². The second kappa shape index (κ2) is 7.24. The highest BCUT2D eigenvalue weighted by Gasteiger charge is 2.16. The Kier molecular flexibility index (Phi) is 5.95. The van der Waals surface area contributed by atoms with Gasteiger partial charge in [-0.1, -0.05) is 6.07 Å². The fraction of sp³-hybridized carbons (Fsp3) is 0.571. The highest BCUT2D eigenvalue weighted by Crippen LogP contribution is 2.31. The summed E-state index contributed by atoms with van der Waals surface area (Å²) in [6.45, 7) is 6.95. The van der Waals surface area contributed by atoms with Crippen LogP contribution in [0.1, 0.15) is 32.4 Å². The molecule has 0 aliphatic heterocycles. The zero-order valence-electron chi connectivity index (χ0n) is 11.6. The highest BCUT2D eigenvalue weighted by molar-refractivity contribution is 5.43. The Bertz CT molecular complexity index is 368. The molecule has 0 radical (unpaired) electrons. The highest BCUT2D eigenvalue weighted by atomic mass is 16.5. The summed E-state index contributed by atoms with van der Waals surface area (Å²) < 4.78 is 11.0. The van der Waals surface area contributed by atoms with Crippen LogP contribution in [0.15, 0.2) is 18.2 Å². The summed E-state index contributed by atoms with van der Waals surface area (Å²) in [5.41, 5.74) is 0.823. The standard InChI is InChI=1S/C14H23NO3/c1-5-17-12-8-7-11(9-13(12)18-6-2)14(16)10(3)15-4/h7-10,14-16H,5-6H2,1-4H3. The molecule has 4 heteroatoms. The third-order valence-corrected chi connectivity index (χ3v) is 2.84. The maximum Gasteiger partial charge on any atom is 0.161 e. The molecule has 1 aromatic carbocycles. The molecule has 1 rings (SSSR count). The molecule has 0 fully saturated rings. The van der Waals surface area contributed by atoms with Crippen molar-refractivity contribution < 1.29 is 14.6 Å². The van der Waals surface area contributed by atoms with E-state index in [9.17, 15) is 5.11 Å². The van der Waals surface area contributed by atoms with Crippen molar-refractivity contribution in [2.24, 2.45) is 0 Å². The average molecular weight is 253 g/mol. The van der Waals surface area contributed by atoms with Gasteiger partial charge in [0.1, 0.15) is 0 Å². The molecule has 18 heavy (non-hydrogen) atoms. The molecule has 1 aromatic rings. The van der Waals surface area contributed by atoms with Crippen molar-refractivity contribution in [1.82, 2.24) is 5.32 Å². The molecule has 0 saturated heterocycles. The van der Waals surface area contributed by atoms with Crippen LogP contribution in [-0.2, 0) is 0 Å². The second-order valence-electron chi connectivity index (χ2n) is 4.09. The largest absolute Gasteiger partial charge is 0.490 e. The van der Waals surface area contributed by atoms with E-state index in [1.807, 2.05) is 46.0 Å². The summed E-state index contributed by atoms with van der Waals surface area (Å²) >= 11 is 0. The first kappa shape index (κ1) is 14.8. The van der Waals surface area contributed by atoms with Crippen molar-refractivity contribution in [2.75, 3.05) is 20.3 Å². The number of hydrogen-bond acceptors (Lipinski definition) is 4. The smallest absolute Gasteiger partial charge is 0.161 e. The van der Waals surface area contributed by atoms with E-state index in [1.165, 1.54) is 0 Å². The van der Waals surface area contributed by atoms with Crippen LogP contribution in [0.2, 0.25) is 0 Å². The van der Waals surface area contributed by atoms with Gasteiger partial charge in [0.15, 0.2) is 11.5 Å². The number of aliphatic hydroxyl groups is 1. The topological polar surface area (TPSA) is 50.7 Å². The van der Waals surface area contributed by atoms with Gasteiger partial charge in [0, 0.05) is 6.04 Å². The van der Waals surface area contributed by atoms with Gasteiger partial charge in [-0.3, -0.25) is 0 Å². The molecule has 2 N–H and O–H groups in total. The molecule has 0 spiro atoms. The van der Waals surface area contributed by atoms with E-state index in [2.05, 4.69) is 5.32 Å². The Morgan fingerprint density at radius 1 is 1.17 bits per heavy atom.